The highest BCUT2D eigenvalue weighted by atomic mass is 35.5. The number of carboxylic acids is 1. The highest BCUT2D eigenvalue weighted by Crippen LogP contribution is 2.34. The molecule has 1 aliphatic rings. The first-order valence-corrected chi connectivity index (χ1v) is 8.54. The van der Waals surface area contributed by atoms with Crippen LogP contribution in [0.25, 0.3) is 0 Å². The van der Waals surface area contributed by atoms with Crippen LogP contribution in [0.4, 0.5) is 23.8 Å². The molecular weight excluding hydrogens is 417 g/mol. The van der Waals surface area contributed by atoms with E-state index in [1.807, 2.05) is 0 Å². The second-order valence-corrected chi connectivity index (χ2v) is 6.45. The van der Waals surface area contributed by atoms with E-state index < -0.39 is 35.2 Å². The van der Waals surface area contributed by atoms with E-state index in [2.05, 4.69) is 10.2 Å². The van der Waals surface area contributed by atoms with Crippen molar-refractivity contribution in [1.29, 1.82) is 0 Å². The van der Waals surface area contributed by atoms with Crippen LogP contribution in [-0.4, -0.2) is 51.2 Å². The SMILES string of the molecule is O=C(O)c1ccc(N2CCCN(C(=O)c3ccc(Cl)cc3C(F)(F)F)C2=O)nn1. The van der Waals surface area contributed by atoms with Crippen LogP contribution in [-0.2, 0) is 6.18 Å². The molecule has 1 aromatic heterocycles. The van der Waals surface area contributed by atoms with Gasteiger partial charge in [-0.05, 0) is 36.8 Å². The number of nitrogens with zero attached hydrogens (tertiary/aromatic N) is 4. The number of benzene rings is 1. The lowest BCUT2D eigenvalue weighted by molar-refractivity contribution is -0.138. The summed E-state index contributed by atoms with van der Waals surface area (Å²) in [5, 5.41) is 15.8. The Labute approximate surface area is 166 Å². The van der Waals surface area contributed by atoms with Gasteiger partial charge in [0.05, 0.1) is 11.1 Å². The van der Waals surface area contributed by atoms with Gasteiger partial charge in [0.25, 0.3) is 5.91 Å². The molecule has 8 nitrogen and oxygen atoms in total. The zero-order valence-corrected chi connectivity index (χ0v) is 15.2. The van der Waals surface area contributed by atoms with Gasteiger partial charge in [-0.2, -0.15) is 13.2 Å². The average Bonchev–Trinajstić information content (AvgIpc) is 2.67. The normalized spacial score (nSPS) is 14.8. The van der Waals surface area contributed by atoms with Crippen LogP contribution < -0.4 is 4.90 Å². The number of amides is 3. The van der Waals surface area contributed by atoms with Crippen molar-refractivity contribution in [2.75, 3.05) is 18.0 Å². The number of anilines is 1. The number of carbonyl (C=O) groups excluding carboxylic acids is 2. The molecule has 152 valence electrons. The standard InChI is InChI=1S/C17H12ClF3N4O4/c18-9-2-3-10(11(8-9)17(19,20)21)14(26)25-7-1-6-24(16(25)29)13-5-4-12(15(27)28)22-23-13/h2-5,8H,1,6-7H2,(H,27,28). The number of aromatic carboxylic acids is 1. The molecular formula is C17H12ClF3N4O4. The third-order valence-corrected chi connectivity index (χ3v) is 4.37. The van der Waals surface area contributed by atoms with Crippen molar-refractivity contribution in [3.8, 4) is 0 Å². The summed E-state index contributed by atoms with van der Waals surface area (Å²) in [4.78, 5) is 38.0. The summed E-state index contributed by atoms with van der Waals surface area (Å²) < 4.78 is 39.9. The Morgan fingerprint density at radius 1 is 1.10 bits per heavy atom. The van der Waals surface area contributed by atoms with E-state index in [9.17, 15) is 27.6 Å². The van der Waals surface area contributed by atoms with E-state index in [-0.39, 0.29) is 36.0 Å². The lowest BCUT2D eigenvalue weighted by Gasteiger charge is -2.33. The molecule has 1 saturated heterocycles. The molecule has 2 aromatic rings. The number of urea groups is 1. The van der Waals surface area contributed by atoms with Crippen LogP contribution in [0.15, 0.2) is 30.3 Å². The van der Waals surface area contributed by atoms with E-state index in [1.165, 1.54) is 6.07 Å². The van der Waals surface area contributed by atoms with Gasteiger partial charge in [-0.1, -0.05) is 11.6 Å². The van der Waals surface area contributed by atoms with Crippen LogP contribution in [0, 0.1) is 0 Å². The number of imide groups is 1. The van der Waals surface area contributed by atoms with Crippen molar-refractivity contribution >= 4 is 35.3 Å². The molecule has 0 unspecified atom stereocenters. The summed E-state index contributed by atoms with van der Waals surface area (Å²) in [5.74, 6) is -2.46. The maximum absolute atomic E-state index is 13.3. The Balaban J connectivity index is 1.91. The molecule has 0 spiro atoms. The molecule has 0 atom stereocenters. The van der Waals surface area contributed by atoms with Gasteiger partial charge in [-0.15, -0.1) is 10.2 Å². The first-order valence-electron chi connectivity index (χ1n) is 8.16. The van der Waals surface area contributed by atoms with Crippen molar-refractivity contribution in [2.24, 2.45) is 0 Å². The van der Waals surface area contributed by atoms with Crippen molar-refractivity contribution in [3.05, 3.63) is 52.2 Å². The Morgan fingerprint density at radius 3 is 2.41 bits per heavy atom. The summed E-state index contributed by atoms with van der Waals surface area (Å²) in [5.41, 5.74) is -2.29. The van der Waals surface area contributed by atoms with Crippen LogP contribution >= 0.6 is 11.6 Å². The van der Waals surface area contributed by atoms with E-state index in [0.29, 0.717) is 11.0 Å². The molecule has 29 heavy (non-hydrogen) atoms. The van der Waals surface area contributed by atoms with E-state index in [1.54, 1.807) is 0 Å². The molecule has 1 N–H and O–H groups in total. The largest absolute Gasteiger partial charge is 0.476 e. The van der Waals surface area contributed by atoms with Gasteiger partial charge in [0.1, 0.15) is 0 Å². The zero-order valence-electron chi connectivity index (χ0n) is 14.5. The second-order valence-electron chi connectivity index (χ2n) is 6.01. The van der Waals surface area contributed by atoms with Gasteiger partial charge >= 0.3 is 18.2 Å². The predicted octanol–water partition coefficient (Wildman–Crippen LogP) is 3.32. The van der Waals surface area contributed by atoms with Gasteiger partial charge in [-0.3, -0.25) is 14.6 Å². The Kier molecular flexibility index (Phi) is 5.42. The van der Waals surface area contributed by atoms with Crippen LogP contribution in [0.2, 0.25) is 5.02 Å². The second kappa shape index (κ2) is 7.66. The van der Waals surface area contributed by atoms with Crippen LogP contribution in [0.5, 0.6) is 0 Å². The summed E-state index contributed by atoms with van der Waals surface area (Å²) in [6, 6.07) is 4.14. The third-order valence-electron chi connectivity index (χ3n) is 4.13. The fourth-order valence-corrected chi connectivity index (χ4v) is 2.96. The number of alkyl halides is 3. The van der Waals surface area contributed by atoms with Crippen molar-refractivity contribution in [3.63, 3.8) is 0 Å². The minimum Gasteiger partial charge on any atom is -0.476 e. The zero-order chi connectivity index (χ0) is 21.3. The number of carbonyl (C=O) groups is 3. The molecule has 1 fully saturated rings. The number of aromatic nitrogens is 2. The lowest BCUT2D eigenvalue weighted by Crippen LogP contribution is -2.52. The number of rotatable bonds is 3. The van der Waals surface area contributed by atoms with Gasteiger partial charge in [0.15, 0.2) is 11.5 Å². The minimum atomic E-state index is -4.84. The number of hydrogen-bond donors (Lipinski definition) is 1. The molecule has 0 aliphatic carbocycles. The number of halogens is 4. The quantitative estimate of drug-likeness (QED) is 0.804. The van der Waals surface area contributed by atoms with Crippen molar-refractivity contribution in [2.45, 2.75) is 12.6 Å². The summed E-state index contributed by atoms with van der Waals surface area (Å²) in [7, 11) is 0. The van der Waals surface area contributed by atoms with Gasteiger partial charge in [0, 0.05) is 18.1 Å². The van der Waals surface area contributed by atoms with E-state index in [4.69, 9.17) is 16.7 Å². The monoisotopic (exact) mass is 428 g/mol. The van der Waals surface area contributed by atoms with Gasteiger partial charge in [-0.25, -0.2) is 9.59 Å². The Morgan fingerprint density at radius 2 is 1.83 bits per heavy atom. The predicted molar refractivity (Wildman–Crippen MR) is 93.8 cm³/mol. The van der Waals surface area contributed by atoms with Crippen LogP contribution in [0.3, 0.4) is 0 Å². The topological polar surface area (TPSA) is 104 Å². The number of carboxylic acid groups (broad SMARTS) is 1. The molecule has 3 rings (SSSR count). The molecule has 1 aliphatic heterocycles. The van der Waals surface area contributed by atoms with E-state index >= 15 is 0 Å². The van der Waals surface area contributed by atoms with Crippen molar-refractivity contribution < 1.29 is 32.7 Å². The first kappa shape index (κ1) is 20.5. The van der Waals surface area contributed by atoms with Gasteiger partial charge in [0.2, 0.25) is 0 Å². The fraction of sp³-hybridized carbons (Fsp3) is 0.235. The van der Waals surface area contributed by atoms with Crippen molar-refractivity contribution in [1.82, 2.24) is 15.1 Å². The first-order chi connectivity index (χ1) is 13.6. The minimum absolute atomic E-state index is 0.0235. The maximum Gasteiger partial charge on any atom is 0.417 e. The molecule has 3 amide bonds. The van der Waals surface area contributed by atoms with Gasteiger partial charge < -0.3 is 5.11 Å². The fourth-order valence-electron chi connectivity index (χ4n) is 2.79. The maximum atomic E-state index is 13.3. The summed E-state index contributed by atoms with van der Waals surface area (Å²) >= 11 is 5.62. The highest BCUT2D eigenvalue weighted by molar-refractivity contribution is 6.30. The molecule has 2 heterocycles. The smallest absolute Gasteiger partial charge is 0.417 e. The number of hydrogen-bond acceptors (Lipinski definition) is 5. The lowest BCUT2D eigenvalue weighted by atomic mass is 10.1. The molecule has 0 radical (unpaired) electrons. The summed E-state index contributed by atoms with van der Waals surface area (Å²) in [6.07, 6.45) is -4.57. The Hall–Kier alpha value is -3.21. The average molecular weight is 429 g/mol. The third kappa shape index (κ3) is 4.14. The Bertz CT molecular complexity index is 982. The van der Waals surface area contributed by atoms with Crippen LogP contribution in [0.1, 0.15) is 32.8 Å². The molecule has 12 heteroatoms. The molecule has 1 aromatic carbocycles. The summed E-state index contributed by atoms with van der Waals surface area (Å²) in [6.45, 7) is 0.0468. The molecule has 0 saturated carbocycles. The molecule has 0 bridgehead atoms. The van der Waals surface area contributed by atoms with E-state index in [0.717, 1.165) is 23.1 Å². The highest BCUT2D eigenvalue weighted by Gasteiger charge is 2.39.